The van der Waals surface area contributed by atoms with E-state index in [2.05, 4.69) is 21.9 Å². The molecule has 10 heteroatoms. The summed E-state index contributed by atoms with van der Waals surface area (Å²) in [4.78, 5) is 25.8. The van der Waals surface area contributed by atoms with E-state index in [1.807, 2.05) is 70.3 Å². The highest BCUT2D eigenvalue weighted by molar-refractivity contribution is 5.98. The Morgan fingerprint density at radius 2 is 1.93 bits per heavy atom. The maximum atomic E-state index is 12.9. The number of carbonyl (C=O) groups is 1. The summed E-state index contributed by atoms with van der Waals surface area (Å²) >= 11 is 0. The molecule has 2 atom stereocenters. The fourth-order valence-electron chi connectivity index (χ4n) is 5.34. The van der Waals surface area contributed by atoms with Gasteiger partial charge in [-0.3, -0.25) is 9.69 Å². The highest BCUT2D eigenvalue weighted by atomic mass is 16.5. The van der Waals surface area contributed by atoms with E-state index in [0.29, 0.717) is 41.7 Å². The molecule has 2 aliphatic rings. The Balaban J connectivity index is 1.18. The SMILES string of the molecule is CN(C/C=C/C(=O)N1CC[C@@H](n2nc(-c3ccc(Oc4ccccc4)cc3)c3c(N)ncnc32)C1)[C@H]1CCOC1. The number of para-hydroxylation sites is 1. The third-order valence-electron chi connectivity index (χ3n) is 7.63. The van der Waals surface area contributed by atoms with Gasteiger partial charge in [-0.05, 0) is 56.3 Å². The van der Waals surface area contributed by atoms with Crippen LogP contribution in [0.15, 0.2) is 73.1 Å². The summed E-state index contributed by atoms with van der Waals surface area (Å²) in [5.74, 6) is 1.89. The maximum absolute atomic E-state index is 12.9. The molecule has 4 aromatic rings. The Hall–Kier alpha value is -4.28. The normalized spacial score (nSPS) is 19.3. The molecule has 0 radical (unpaired) electrons. The first kappa shape index (κ1) is 26.0. The molecule has 1 amide bonds. The first-order chi connectivity index (χ1) is 19.6. The number of nitrogen functional groups attached to an aromatic ring is 1. The van der Waals surface area contributed by atoms with Crippen LogP contribution < -0.4 is 10.5 Å². The molecule has 2 N–H and O–H groups in total. The molecule has 2 fully saturated rings. The lowest BCUT2D eigenvalue weighted by Gasteiger charge is -2.21. The number of likely N-dealkylation sites (N-methyl/N-ethyl adjacent to an activating group) is 1. The molecule has 0 unspecified atom stereocenters. The number of benzene rings is 2. The number of fused-ring (bicyclic) bond motifs is 1. The average Bonchev–Trinajstić information content (AvgIpc) is 3.75. The zero-order chi connectivity index (χ0) is 27.5. The fraction of sp³-hybridized carbons (Fsp3) is 0.333. The van der Waals surface area contributed by atoms with Crippen LogP contribution in [-0.2, 0) is 9.53 Å². The van der Waals surface area contributed by atoms with E-state index in [9.17, 15) is 4.79 Å². The topological polar surface area (TPSA) is 112 Å². The summed E-state index contributed by atoms with van der Waals surface area (Å²) in [5, 5.41) is 5.67. The van der Waals surface area contributed by atoms with Gasteiger partial charge in [0, 0.05) is 43.9 Å². The van der Waals surface area contributed by atoms with Crippen LogP contribution in [0.3, 0.4) is 0 Å². The predicted molar refractivity (Wildman–Crippen MR) is 153 cm³/mol. The monoisotopic (exact) mass is 539 g/mol. The van der Waals surface area contributed by atoms with E-state index >= 15 is 0 Å². The second-order valence-electron chi connectivity index (χ2n) is 10.3. The van der Waals surface area contributed by atoms with Crippen molar-refractivity contribution in [2.24, 2.45) is 0 Å². The largest absolute Gasteiger partial charge is 0.457 e. The number of hydrogen-bond acceptors (Lipinski definition) is 8. The van der Waals surface area contributed by atoms with Gasteiger partial charge in [-0.1, -0.05) is 24.3 Å². The Morgan fingerprint density at radius 1 is 1.12 bits per heavy atom. The molecule has 0 aliphatic carbocycles. The van der Waals surface area contributed by atoms with Crippen LogP contribution in [0.4, 0.5) is 5.82 Å². The van der Waals surface area contributed by atoms with Crippen molar-refractivity contribution in [3.8, 4) is 22.8 Å². The first-order valence-corrected chi connectivity index (χ1v) is 13.6. The van der Waals surface area contributed by atoms with Gasteiger partial charge in [-0.2, -0.15) is 5.10 Å². The van der Waals surface area contributed by atoms with Gasteiger partial charge in [0.2, 0.25) is 5.91 Å². The number of nitrogens with two attached hydrogens (primary N) is 1. The third-order valence-corrected chi connectivity index (χ3v) is 7.63. The van der Waals surface area contributed by atoms with Crippen LogP contribution in [0, 0.1) is 0 Å². The molecule has 206 valence electrons. The predicted octanol–water partition coefficient (Wildman–Crippen LogP) is 3.92. The van der Waals surface area contributed by atoms with Crippen molar-refractivity contribution in [1.82, 2.24) is 29.5 Å². The molecule has 2 aliphatic heterocycles. The Bertz CT molecular complexity index is 1500. The smallest absolute Gasteiger partial charge is 0.246 e. The summed E-state index contributed by atoms with van der Waals surface area (Å²) in [6.45, 7) is 3.49. The van der Waals surface area contributed by atoms with Gasteiger partial charge in [-0.15, -0.1) is 0 Å². The minimum atomic E-state index is -0.0121. The average molecular weight is 540 g/mol. The molecule has 10 nitrogen and oxygen atoms in total. The molecule has 4 heterocycles. The van der Waals surface area contributed by atoms with E-state index in [4.69, 9.17) is 20.3 Å². The summed E-state index contributed by atoms with van der Waals surface area (Å²) in [5.41, 5.74) is 8.59. The number of rotatable bonds is 8. The molecule has 6 rings (SSSR count). The van der Waals surface area contributed by atoms with Gasteiger partial charge in [0.1, 0.15) is 29.3 Å². The Kier molecular flexibility index (Phi) is 7.43. The number of amides is 1. The first-order valence-electron chi connectivity index (χ1n) is 13.6. The van der Waals surface area contributed by atoms with Crippen LogP contribution in [-0.4, -0.2) is 81.4 Å². The number of anilines is 1. The number of likely N-dealkylation sites (tertiary alicyclic amines) is 1. The maximum Gasteiger partial charge on any atom is 0.246 e. The molecule has 2 aromatic carbocycles. The van der Waals surface area contributed by atoms with Crippen molar-refractivity contribution in [1.29, 1.82) is 0 Å². The Labute approximate surface area is 233 Å². The number of hydrogen-bond donors (Lipinski definition) is 1. The van der Waals surface area contributed by atoms with E-state index in [0.717, 1.165) is 49.7 Å². The lowest BCUT2D eigenvalue weighted by atomic mass is 10.1. The second-order valence-corrected chi connectivity index (χ2v) is 10.3. The molecular formula is C30H33N7O3. The van der Waals surface area contributed by atoms with E-state index in [1.54, 1.807) is 6.08 Å². The molecule has 2 aromatic heterocycles. The quantitative estimate of drug-likeness (QED) is 0.336. The lowest BCUT2D eigenvalue weighted by molar-refractivity contribution is -0.125. The fourth-order valence-corrected chi connectivity index (χ4v) is 5.34. The van der Waals surface area contributed by atoms with Crippen molar-refractivity contribution in [3.63, 3.8) is 0 Å². The minimum Gasteiger partial charge on any atom is -0.457 e. The number of nitrogens with zero attached hydrogens (tertiary/aromatic N) is 6. The number of ether oxygens (including phenoxy) is 2. The molecule has 40 heavy (non-hydrogen) atoms. The molecular weight excluding hydrogens is 506 g/mol. The lowest BCUT2D eigenvalue weighted by Crippen LogP contribution is -2.32. The van der Waals surface area contributed by atoms with Gasteiger partial charge >= 0.3 is 0 Å². The van der Waals surface area contributed by atoms with Crippen molar-refractivity contribution in [2.45, 2.75) is 24.9 Å². The van der Waals surface area contributed by atoms with Gasteiger partial charge in [0.15, 0.2) is 5.65 Å². The molecule has 2 saturated heterocycles. The zero-order valence-electron chi connectivity index (χ0n) is 22.5. The standard InChI is InChI=1S/C30H33N7O3/c1-35(23-14-17-39-19-23)15-5-8-26(38)36-16-13-22(18-36)37-30-27(29(31)32-20-33-30)28(34-37)21-9-11-25(12-10-21)40-24-6-3-2-4-7-24/h2-12,20,22-23H,13-19H2,1H3,(H2,31,32,33)/b8-5+/t22-,23+/m1/s1. The number of aromatic nitrogens is 4. The van der Waals surface area contributed by atoms with Gasteiger partial charge in [0.05, 0.1) is 18.0 Å². The zero-order valence-corrected chi connectivity index (χ0v) is 22.5. The highest BCUT2D eigenvalue weighted by Gasteiger charge is 2.30. The summed E-state index contributed by atoms with van der Waals surface area (Å²) in [7, 11) is 2.07. The van der Waals surface area contributed by atoms with Gasteiger partial charge < -0.3 is 20.1 Å². The van der Waals surface area contributed by atoms with Gasteiger partial charge in [0.25, 0.3) is 0 Å². The van der Waals surface area contributed by atoms with Crippen molar-refractivity contribution in [3.05, 3.63) is 73.1 Å². The molecule has 0 bridgehead atoms. The van der Waals surface area contributed by atoms with E-state index in [1.165, 1.54) is 6.33 Å². The van der Waals surface area contributed by atoms with E-state index < -0.39 is 0 Å². The van der Waals surface area contributed by atoms with Crippen LogP contribution >= 0.6 is 0 Å². The minimum absolute atomic E-state index is 0.0121. The van der Waals surface area contributed by atoms with Crippen molar-refractivity contribution in [2.75, 3.05) is 45.6 Å². The number of carbonyl (C=O) groups excluding carboxylic acids is 1. The van der Waals surface area contributed by atoms with Crippen LogP contribution in [0.25, 0.3) is 22.3 Å². The highest BCUT2D eigenvalue weighted by Crippen LogP contribution is 2.35. The van der Waals surface area contributed by atoms with Gasteiger partial charge in [-0.25, -0.2) is 14.6 Å². The van der Waals surface area contributed by atoms with Crippen molar-refractivity contribution >= 4 is 22.8 Å². The summed E-state index contributed by atoms with van der Waals surface area (Å²) in [6, 6.07) is 17.8. The summed E-state index contributed by atoms with van der Waals surface area (Å²) < 4.78 is 13.3. The van der Waals surface area contributed by atoms with Crippen LogP contribution in [0.2, 0.25) is 0 Å². The third kappa shape index (κ3) is 5.41. The van der Waals surface area contributed by atoms with Crippen molar-refractivity contribution < 1.29 is 14.3 Å². The van der Waals surface area contributed by atoms with Crippen LogP contribution in [0.1, 0.15) is 18.9 Å². The Morgan fingerprint density at radius 3 is 2.70 bits per heavy atom. The molecule has 0 saturated carbocycles. The molecule has 0 spiro atoms. The van der Waals surface area contributed by atoms with E-state index in [-0.39, 0.29) is 11.9 Å². The second kappa shape index (κ2) is 11.4. The van der Waals surface area contributed by atoms with Crippen LogP contribution in [0.5, 0.6) is 11.5 Å². The summed E-state index contributed by atoms with van der Waals surface area (Å²) in [6.07, 6.45) is 6.90.